The lowest BCUT2D eigenvalue weighted by atomic mass is 10.1. The molecule has 1 aromatic heterocycles. The first-order chi connectivity index (χ1) is 16.3. The zero-order chi connectivity index (χ0) is 22.5. The SMILES string of the molecule is Cc1ccccc1CN1CCCC(N2CCN(C3=CC=CCN3c3ccncc3)CC2)CC1. The number of anilines is 1. The molecule has 174 valence electrons. The summed E-state index contributed by atoms with van der Waals surface area (Å²) in [6, 6.07) is 13.8. The highest BCUT2D eigenvalue weighted by Crippen LogP contribution is 2.26. The van der Waals surface area contributed by atoms with Gasteiger partial charge in [-0.15, -0.1) is 0 Å². The van der Waals surface area contributed by atoms with Crippen molar-refractivity contribution in [2.45, 2.75) is 38.8 Å². The summed E-state index contributed by atoms with van der Waals surface area (Å²) in [6.07, 6.45) is 14.4. The molecule has 5 nitrogen and oxygen atoms in total. The third kappa shape index (κ3) is 5.31. The summed E-state index contributed by atoms with van der Waals surface area (Å²) in [7, 11) is 0. The number of benzene rings is 1. The molecule has 1 aromatic carbocycles. The highest BCUT2D eigenvalue weighted by Gasteiger charge is 2.28. The molecule has 0 spiro atoms. The molecule has 3 aliphatic heterocycles. The first-order valence-electron chi connectivity index (χ1n) is 12.6. The first kappa shape index (κ1) is 22.2. The van der Waals surface area contributed by atoms with Gasteiger partial charge in [0.15, 0.2) is 0 Å². The molecule has 33 heavy (non-hydrogen) atoms. The number of aryl methyl sites for hydroxylation is 1. The first-order valence-corrected chi connectivity index (χ1v) is 12.6. The Morgan fingerprint density at radius 2 is 1.73 bits per heavy atom. The van der Waals surface area contributed by atoms with E-state index in [4.69, 9.17) is 0 Å². The van der Waals surface area contributed by atoms with Crippen LogP contribution in [0.25, 0.3) is 0 Å². The van der Waals surface area contributed by atoms with Gasteiger partial charge in [0.1, 0.15) is 5.82 Å². The minimum absolute atomic E-state index is 0.727. The Balaban J connectivity index is 1.15. The van der Waals surface area contributed by atoms with Crippen LogP contribution in [0, 0.1) is 6.92 Å². The van der Waals surface area contributed by atoms with Crippen LogP contribution in [0.5, 0.6) is 0 Å². The normalized spacial score (nSPS) is 22.8. The number of nitrogens with zero attached hydrogens (tertiary/aromatic N) is 5. The van der Waals surface area contributed by atoms with E-state index in [-0.39, 0.29) is 0 Å². The molecule has 2 fully saturated rings. The van der Waals surface area contributed by atoms with E-state index in [2.05, 4.69) is 86.1 Å². The molecule has 0 amide bonds. The van der Waals surface area contributed by atoms with Crippen LogP contribution < -0.4 is 4.90 Å². The van der Waals surface area contributed by atoms with Crippen molar-refractivity contribution in [3.05, 3.63) is 84.0 Å². The predicted octanol–water partition coefficient (Wildman–Crippen LogP) is 4.28. The van der Waals surface area contributed by atoms with Crippen LogP contribution in [0.3, 0.4) is 0 Å². The number of allylic oxidation sites excluding steroid dienone is 2. The van der Waals surface area contributed by atoms with E-state index < -0.39 is 0 Å². The highest BCUT2D eigenvalue weighted by molar-refractivity contribution is 5.53. The molecule has 5 heteroatoms. The Labute approximate surface area is 199 Å². The van der Waals surface area contributed by atoms with Crippen LogP contribution in [0.15, 0.2) is 72.8 Å². The smallest absolute Gasteiger partial charge is 0.109 e. The summed E-state index contributed by atoms with van der Waals surface area (Å²) in [5, 5.41) is 0. The second kappa shape index (κ2) is 10.5. The lowest BCUT2D eigenvalue weighted by Crippen LogP contribution is -2.52. The Bertz CT molecular complexity index is 961. The van der Waals surface area contributed by atoms with E-state index in [1.807, 2.05) is 12.4 Å². The third-order valence-electron chi connectivity index (χ3n) is 7.52. The minimum atomic E-state index is 0.727. The lowest BCUT2D eigenvalue weighted by molar-refractivity contribution is 0.104. The lowest BCUT2D eigenvalue weighted by Gasteiger charge is -2.44. The van der Waals surface area contributed by atoms with Gasteiger partial charge in [0, 0.05) is 63.4 Å². The topological polar surface area (TPSA) is 25.9 Å². The van der Waals surface area contributed by atoms with Gasteiger partial charge in [-0.25, -0.2) is 0 Å². The summed E-state index contributed by atoms with van der Waals surface area (Å²) in [5.74, 6) is 1.33. The van der Waals surface area contributed by atoms with E-state index in [0.717, 1.165) is 45.3 Å². The number of likely N-dealkylation sites (tertiary alicyclic amines) is 1. The van der Waals surface area contributed by atoms with Crippen molar-refractivity contribution in [2.75, 3.05) is 50.7 Å². The molecule has 0 N–H and O–H groups in total. The van der Waals surface area contributed by atoms with E-state index in [0.29, 0.717) is 0 Å². The molecule has 2 aromatic rings. The van der Waals surface area contributed by atoms with E-state index in [1.54, 1.807) is 0 Å². The minimum Gasteiger partial charge on any atom is -0.355 e. The summed E-state index contributed by atoms with van der Waals surface area (Å²) in [4.78, 5) is 14.6. The molecule has 0 bridgehead atoms. The maximum Gasteiger partial charge on any atom is 0.109 e. The molecule has 2 saturated heterocycles. The van der Waals surface area contributed by atoms with Gasteiger partial charge >= 0.3 is 0 Å². The quantitative estimate of drug-likeness (QED) is 0.687. The van der Waals surface area contributed by atoms with Crippen LogP contribution in [0.4, 0.5) is 5.69 Å². The van der Waals surface area contributed by atoms with Gasteiger partial charge in [0.05, 0.1) is 0 Å². The molecule has 5 rings (SSSR count). The number of hydrogen-bond acceptors (Lipinski definition) is 5. The fourth-order valence-corrected chi connectivity index (χ4v) is 5.55. The van der Waals surface area contributed by atoms with Gasteiger partial charge in [-0.1, -0.05) is 36.4 Å². The number of rotatable bonds is 5. The van der Waals surface area contributed by atoms with Crippen LogP contribution in [-0.2, 0) is 6.54 Å². The number of aromatic nitrogens is 1. The van der Waals surface area contributed by atoms with Crippen molar-refractivity contribution in [2.24, 2.45) is 0 Å². The molecular weight excluding hydrogens is 406 g/mol. The van der Waals surface area contributed by atoms with Gasteiger partial charge in [0.25, 0.3) is 0 Å². The second-order valence-corrected chi connectivity index (χ2v) is 9.58. The van der Waals surface area contributed by atoms with E-state index in [1.165, 1.54) is 55.0 Å². The van der Waals surface area contributed by atoms with Crippen molar-refractivity contribution in [3.8, 4) is 0 Å². The molecular formula is C28H37N5. The Morgan fingerprint density at radius 3 is 2.55 bits per heavy atom. The van der Waals surface area contributed by atoms with Gasteiger partial charge in [0.2, 0.25) is 0 Å². The fourth-order valence-electron chi connectivity index (χ4n) is 5.55. The number of pyridine rings is 1. The molecule has 0 radical (unpaired) electrons. The van der Waals surface area contributed by atoms with Crippen LogP contribution in [0.1, 0.15) is 30.4 Å². The van der Waals surface area contributed by atoms with E-state index >= 15 is 0 Å². The molecule has 1 unspecified atom stereocenters. The molecule has 4 heterocycles. The number of piperazine rings is 1. The molecule has 0 saturated carbocycles. The highest BCUT2D eigenvalue weighted by atomic mass is 15.4. The van der Waals surface area contributed by atoms with Crippen LogP contribution in [0.2, 0.25) is 0 Å². The average molecular weight is 444 g/mol. The maximum atomic E-state index is 4.19. The summed E-state index contributed by atoms with van der Waals surface area (Å²) in [6.45, 7) is 11.2. The van der Waals surface area contributed by atoms with Crippen LogP contribution in [-0.4, -0.2) is 71.5 Å². The Morgan fingerprint density at radius 1 is 0.909 bits per heavy atom. The van der Waals surface area contributed by atoms with Gasteiger partial charge in [-0.05, 0) is 68.6 Å². The zero-order valence-corrected chi connectivity index (χ0v) is 19.9. The summed E-state index contributed by atoms with van der Waals surface area (Å²) >= 11 is 0. The molecule has 1 atom stereocenters. The molecule has 0 aliphatic carbocycles. The monoisotopic (exact) mass is 443 g/mol. The predicted molar refractivity (Wildman–Crippen MR) is 136 cm³/mol. The van der Waals surface area contributed by atoms with Crippen molar-refractivity contribution >= 4 is 5.69 Å². The van der Waals surface area contributed by atoms with Crippen molar-refractivity contribution < 1.29 is 0 Å². The van der Waals surface area contributed by atoms with Crippen molar-refractivity contribution in [1.82, 2.24) is 19.7 Å². The van der Waals surface area contributed by atoms with Crippen LogP contribution >= 0.6 is 0 Å². The van der Waals surface area contributed by atoms with Gasteiger partial charge in [-0.2, -0.15) is 0 Å². The maximum absolute atomic E-state index is 4.19. The average Bonchev–Trinajstić information content (AvgIpc) is 3.12. The summed E-state index contributed by atoms with van der Waals surface area (Å²) < 4.78 is 0. The second-order valence-electron chi connectivity index (χ2n) is 9.58. The molecule has 3 aliphatic rings. The number of hydrogen-bond donors (Lipinski definition) is 0. The fraction of sp³-hybridized carbons (Fsp3) is 0.464. The third-order valence-corrected chi connectivity index (χ3v) is 7.52. The largest absolute Gasteiger partial charge is 0.355 e. The van der Waals surface area contributed by atoms with Gasteiger partial charge < -0.3 is 9.80 Å². The Hall–Kier alpha value is -2.63. The Kier molecular flexibility index (Phi) is 7.08. The van der Waals surface area contributed by atoms with Gasteiger partial charge in [-0.3, -0.25) is 14.8 Å². The van der Waals surface area contributed by atoms with Crippen molar-refractivity contribution in [3.63, 3.8) is 0 Å². The summed E-state index contributed by atoms with van der Waals surface area (Å²) in [5.41, 5.74) is 4.13. The standard InChI is InChI=1S/C28H37N5/c1-24-7-2-3-8-25(24)23-30-16-6-9-26(13-18-30)31-19-21-32(22-20-31)28-10-4-5-17-33(28)27-11-14-29-15-12-27/h2-5,7-8,10-12,14-15,26H,6,9,13,16-23H2,1H3. The van der Waals surface area contributed by atoms with Crippen molar-refractivity contribution in [1.29, 1.82) is 0 Å². The zero-order valence-electron chi connectivity index (χ0n) is 19.9. The van der Waals surface area contributed by atoms with E-state index in [9.17, 15) is 0 Å².